The van der Waals surface area contributed by atoms with E-state index in [9.17, 15) is 4.79 Å². The number of carbonyl (C=O) groups excluding carboxylic acids is 1. The maximum atomic E-state index is 12.8. The first-order valence-corrected chi connectivity index (χ1v) is 6.66. The topological polar surface area (TPSA) is 44.8 Å². The standard InChI is InChI=1S/C14H15ClO4/c15-12-3-1-2-11-10(12)4-5-14(13(11)16)6-17-8-19-9-18-7-14/h1-3H,4-9H2. The van der Waals surface area contributed by atoms with Crippen molar-refractivity contribution < 1.29 is 19.0 Å². The predicted octanol–water partition coefficient (Wildman–Crippen LogP) is 2.43. The van der Waals surface area contributed by atoms with Crippen molar-refractivity contribution >= 4 is 17.4 Å². The fourth-order valence-electron chi connectivity index (χ4n) is 2.73. The molecule has 1 aliphatic heterocycles. The molecule has 0 atom stereocenters. The van der Waals surface area contributed by atoms with Gasteiger partial charge < -0.3 is 14.2 Å². The summed E-state index contributed by atoms with van der Waals surface area (Å²) < 4.78 is 15.9. The average Bonchev–Trinajstić information content (AvgIpc) is 2.38. The number of ketones is 1. The molecule has 4 nitrogen and oxygen atoms in total. The number of ether oxygens (including phenoxy) is 3. The first-order chi connectivity index (χ1) is 9.23. The van der Waals surface area contributed by atoms with E-state index in [1.165, 1.54) is 0 Å². The third-order valence-corrected chi connectivity index (χ3v) is 4.14. The summed E-state index contributed by atoms with van der Waals surface area (Å²) in [6.07, 6.45) is 1.47. The van der Waals surface area contributed by atoms with Gasteiger partial charge in [0, 0.05) is 10.6 Å². The van der Waals surface area contributed by atoms with Gasteiger partial charge in [-0.2, -0.15) is 0 Å². The third kappa shape index (κ3) is 2.30. The van der Waals surface area contributed by atoms with Crippen LogP contribution in [0, 0.1) is 5.41 Å². The van der Waals surface area contributed by atoms with Crippen LogP contribution in [0.5, 0.6) is 0 Å². The van der Waals surface area contributed by atoms with E-state index in [2.05, 4.69) is 0 Å². The molecule has 0 aromatic heterocycles. The number of carbonyl (C=O) groups is 1. The van der Waals surface area contributed by atoms with Gasteiger partial charge in [0.15, 0.2) is 5.78 Å². The van der Waals surface area contributed by atoms with E-state index in [1.54, 1.807) is 0 Å². The second-order valence-electron chi connectivity index (χ2n) is 5.01. The second kappa shape index (κ2) is 5.21. The molecule has 1 spiro atoms. The number of fused-ring (bicyclic) bond motifs is 1. The number of rotatable bonds is 0. The molecule has 1 aromatic carbocycles. The van der Waals surface area contributed by atoms with Crippen LogP contribution in [-0.2, 0) is 20.6 Å². The van der Waals surface area contributed by atoms with Gasteiger partial charge in [-0.3, -0.25) is 4.79 Å². The minimum Gasteiger partial charge on any atom is -0.354 e. The number of hydrogen-bond acceptors (Lipinski definition) is 4. The Labute approximate surface area is 116 Å². The van der Waals surface area contributed by atoms with Crippen LogP contribution in [0.25, 0.3) is 0 Å². The van der Waals surface area contributed by atoms with E-state index >= 15 is 0 Å². The summed E-state index contributed by atoms with van der Waals surface area (Å²) in [6.45, 7) is 0.991. The van der Waals surface area contributed by atoms with Crippen molar-refractivity contribution in [1.29, 1.82) is 0 Å². The van der Waals surface area contributed by atoms with Gasteiger partial charge >= 0.3 is 0 Å². The van der Waals surface area contributed by atoms with Crippen LogP contribution in [0.15, 0.2) is 18.2 Å². The maximum absolute atomic E-state index is 12.8. The van der Waals surface area contributed by atoms with Crippen LogP contribution in [0.4, 0.5) is 0 Å². The molecule has 1 heterocycles. The quantitative estimate of drug-likeness (QED) is 0.733. The highest BCUT2D eigenvalue weighted by Gasteiger charge is 2.44. The average molecular weight is 283 g/mol. The normalized spacial score (nSPS) is 22.7. The Hall–Kier alpha value is -0.940. The molecule has 2 aliphatic rings. The van der Waals surface area contributed by atoms with Gasteiger partial charge in [-0.05, 0) is 24.5 Å². The predicted molar refractivity (Wildman–Crippen MR) is 69.3 cm³/mol. The second-order valence-corrected chi connectivity index (χ2v) is 5.42. The molecule has 1 aromatic rings. The van der Waals surface area contributed by atoms with Gasteiger partial charge in [-0.15, -0.1) is 0 Å². The van der Waals surface area contributed by atoms with E-state index in [0.29, 0.717) is 30.2 Å². The lowest BCUT2D eigenvalue weighted by Crippen LogP contribution is -2.45. The Bertz CT molecular complexity index is 492. The van der Waals surface area contributed by atoms with Crippen LogP contribution < -0.4 is 0 Å². The fraction of sp³-hybridized carbons (Fsp3) is 0.500. The zero-order chi connectivity index (χ0) is 13.3. The van der Waals surface area contributed by atoms with Crippen LogP contribution in [0.1, 0.15) is 22.3 Å². The van der Waals surface area contributed by atoms with Crippen molar-refractivity contribution in [3.05, 3.63) is 34.3 Å². The highest BCUT2D eigenvalue weighted by Crippen LogP contribution is 2.39. The lowest BCUT2D eigenvalue weighted by molar-refractivity contribution is -0.182. The molecule has 0 bridgehead atoms. The smallest absolute Gasteiger partial charge is 0.173 e. The summed E-state index contributed by atoms with van der Waals surface area (Å²) in [5.74, 6) is 0.0677. The van der Waals surface area contributed by atoms with Crippen molar-refractivity contribution in [2.45, 2.75) is 12.8 Å². The molecule has 102 valence electrons. The summed E-state index contributed by atoms with van der Waals surface area (Å²) in [4.78, 5) is 12.8. The number of hydrogen-bond donors (Lipinski definition) is 0. The lowest BCUT2D eigenvalue weighted by atomic mass is 9.71. The zero-order valence-electron chi connectivity index (χ0n) is 10.5. The molecule has 19 heavy (non-hydrogen) atoms. The van der Waals surface area contributed by atoms with Gasteiger partial charge in [0.1, 0.15) is 13.6 Å². The zero-order valence-corrected chi connectivity index (χ0v) is 11.2. The van der Waals surface area contributed by atoms with Gasteiger partial charge in [0.05, 0.1) is 18.6 Å². The molecule has 0 radical (unpaired) electrons. The summed E-state index contributed by atoms with van der Waals surface area (Å²) in [5.41, 5.74) is 1.05. The third-order valence-electron chi connectivity index (χ3n) is 3.79. The first kappa shape index (κ1) is 13.1. The molecule has 0 unspecified atom stereocenters. The summed E-state index contributed by atoms with van der Waals surface area (Å²) in [7, 11) is 0. The Morgan fingerprint density at radius 1 is 1.11 bits per heavy atom. The van der Waals surface area contributed by atoms with E-state index in [4.69, 9.17) is 25.8 Å². The van der Waals surface area contributed by atoms with Gasteiger partial charge in [0.25, 0.3) is 0 Å². The van der Waals surface area contributed by atoms with E-state index < -0.39 is 5.41 Å². The molecule has 5 heteroatoms. The minimum absolute atomic E-state index is 0.0677. The van der Waals surface area contributed by atoms with E-state index in [0.717, 1.165) is 12.0 Å². The Kier molecular flexibility index (Phi) is 3.58. The molecule has 1 saturated heterocycles. The Morgan fingerprint density at radius 2 is 1.84 bits per heavy atom. The van der Waals surface area contributed by atoms with Gasteiger partial charge in [-0.1, -0.05) is 23.7 Å². The van der Waals surface area contributed by atoms with Crippen molar-refractivity contribution in [3.8, 4) is 0 Å². The van der Waals surface area contributed by atoms with Crippen molar-refractivity contribution in [3.63, 3.8) is 0 Å². The highest BCUT2D eigenvalue weighted by molar-refractivity contribution is 6.32. The summed E-state index contributed by atoms with van der Waals surface area (Å²) in [6, 6.07) is 5.47. The van der Waals surface area contributed by atoms with Gasteiger partial charge in [-0.25, -0.2) is 0 Å². The molecule has 0 amide bonds. The molecule has 0 N–H and O–H groups in total. The summed E-state index contributed by atoms with van der Waals surface area (Å²) >= 11 is 6.16. The molecular weight excluding hydrogens is 268 g/mol. The fourth-order valence-corrected chi connectivity index (χ4v) is 3.00. The monoisotopic (exact) mass is 282 g/mol. The number of benzene rings is 1. The highest BCUT2D eigenvalue weighted by atomic mass is 35.5. The number of halogens is 1. The number of Topliss-reactive ketones (excluding diaryl/α,β-unsaturated/α-hetero) is 1. The maximum Gasteiger partial charge on any atom is 0.173 e. The van der Waals surface area contributed by atoms with Crippen LogP contribution in [-0.4, -0.2) is 32.6 Å². The van der Waals surface area contributed by atoms with Gasteiger partial charge in [0.2, 0.25) is 0 Å². The Morgan fingerprint density at radius 3 is 2.58 bits per heavy atom. The molecule has 1 aliphatic carbocycles. The molecule has 0 saturated carbocycles. The van der Waals surface area contributed by atoms with Crippen molar-refractivity contribution in [2.75, 3.05) is 26.8 Å². The minimum atomic E-state index is -0.596. The van der Waals surface area contributed by atoms with Crippen molar-refractivity contribution in [1.82, 2.24) is 0 Å². The molecule has 1 fully saturated rings. The van der Waals surface area contributed by atoms with Crippen molar-refractivity contribution in [2.24, 2.45) is 5.41 Å². The summed E-state index contributed by atoms with van der Waals surface area (Å²) in [5, 5.41) is 0.664. The van der Waals surface area contributed by atoms with Crippen LogP contribution >= 0.6 is 11.6 Å². The van der Waals surface area contributed by atoms with Crippen LogP contribution in [0.3, 0.4) is 0 Å². The van der Waals surface area contributed by atoms with Crippen LogP contribution in [0.2, 0.25) is 5.02 Å². The first-order valence-electron chi connectivity index (χ1n) is 6.28. The van der Waals surface area contributed by atoms with E-state index in [-0.39, 0.29) is 19.4 Å². The largest absolute Gasteiger partial charge is 0.354 e. The SMILES string of the molecule is O=C1c2cccc(Cl)c2CCC12COCOCOC2. The Balaban J connectivity index is 1.95. The lowest BCUT2D eigenvalue weighted by Gasteiger charge is -2.37. The molecular formula is C14H15ClO4. The van der Waals surface area contributed by atoms with E-state index in [1.807, 2.05) is 18.2 Å². The molecule has 3 rings (SSSR count).